The summed E-state index contributed by atoms with van der Waals surface area (Å²) >= 11 is 0. The Morgan fingerprint density at radius 3 is 1.40 bits per heavy atom. The maximum Gasteiger partial charge on any atom is 0.0714 e. The predicted molar refractivity (Wildman–Crippen MR) is 286 cm³/mol. The largest absolute Gasteiger partial charge is 0.309 e. The number of hydrogen-bond acceptors (Lipinski definition) is 1. The van der Waals surface area contributed by atoms with Crippen molar-refractivity contribution >= 4 is 17.1 Å². The molecule has 0 amide bonds. The summed E-state index contributed by atoms with van der Waals surface area (Å²) < 4.78 is 0. The second-order valence-corrected chi connectivity index (χ2v) is 18.5. The monoisotopic (exact) mass is 871 g/mol. The highest BCUT2D eigenvalue weighted by molar-refractivity contribution is 6.02. The number of anilines is 3. The number of nitrogens with zero attached hydrogens (tertiary/aromatic N) is 1. The van der Waals surface area contributed by atoms with Crippen molar-refractivity contribution in [2.75, 3.05) is 4.90 Å². The molecular formula is C67H53N. The van der Waals surface area contributed by atoms with Gasteiger partial charge in [0.1, 0.15) is 0 Å². The van der Waals surface area contributed by atoms with E-state index in [0.29, 0.717) is 5.92 Å². The third-order valence-electron chi connectivity index (χ3n) is 14.8. The van der Waals surface area contributed by atoms with Crippen molar-refractivity contribution in [2.45, 2.75) is 43.4 Å². The fraction of sp³-hybridized carbons (Fsp3) is 0.104. The first-order valence-corrected chi connectivity index (χ1v) is 24.5. The SMILES string of the molecule is c1ccc(-c2ccccc2-c2ccccc2-c2ccccc2N(c2ccc(-c3ccc(C4CCCCC4)cc3)cc2)c2cccc3c2-c2ccccc2C3(c2ccccc2)c2ccccc2)cc1. The van der Waals surface area contributed by atoms with Crippen LogP contribution in [0, 0.1) is 0 Å². The third-order valence-corrected chi connectivity index (χ3v) is 14.8. The van der Waals surface area contributed by atoms with Crippen molar-refractivity contribution in [1.29, 1.82) is 0 Å². The minimum absolute atomic E-state index is 0.531. The van der Waals surface area contributed by atoms with Crippen LogP contribution in [0.15, 0.2) is 255 Å². The van der Waals surface area contributed by atoms with Gasteiger partial charge in [-0.05, 0) is 115 Å². The van der Waals surface area contributed by atoms with Crippen LogP contribution >= 0.6 is 0 Å². The lowest BCUT2D eigenvalue weighted by Gasteiger charge is -2.34. The van der Waals surface area contributed by atoms with Gasteiger partial charge in [-0.15, -0.1) is 0 Å². The van der Waals surface area contributed by atoms with E-state index in [-0.39, 0.29) is 0 Å². The van der Waals surface area contributed by atoms with Crippen LogP contribution < -0.4 is 4.90 Å². The second-order valence-electron chi connectivity index (χ2n) is 18.5. The van der Waals surface area contributed by atoms with Crippen LogP contribution in [0.25, 0.3) is 55.6 Å². The molecule has 0 aromatic heterocycles. The lowest BCUT2D eigenvalue weighted by atomic mass is 9.68. The summed E-state index contributed by atoms with van der Waals surface area (Å²) in [6.45, 7) is 0. The maximum atomic E-state index is 2.53. The Balaban J connectivity index is 1.08. The summed E-state index contributed by atoms with van der Waals surface area (Å²) in [5, 5.41) is 0. The first kappa shape index (κ1) is 41.4. The molecule has 0 unspecified atom stereocenters. The minimum Gasteiger partial charge on any atom is -0.309 e. The molecule has 0 bridgehead atoms. The van der Waals surface area contributed by atoms with Crippen molar-refractivity contribution in [3.63, 3.8) is 0 Å². The lowest BCUT2D eigenvalue weighted by molar-refractivity contribution is 0.443. The Morgan fingerprint density at radius 2 is 0.765 bits per heavy atom. The summed E-state index contributed by atoms with van der Waals surface area (Å²) in [6, 6.07) is 94.7. The highest BCUT2D eigenvalue weighted by atomic mass is 15.1. The standard InChI is InChI=1S/C67H53N/c1-5-22-48(23-6-1)49-40-42-50(43-41-49)51-44-46-55(47-45-51)68(64-38-20-18-34-60(64)59-33-16-15-32-58(59)57-31-14-13-30-56(57)52-24-7-2-8-25-52)65-39-21-37-63-66(65)61-35-17-19-36-62(61)67(63,53-26-9-3-10-27-53)54-28-11-4-12-29-54/h2-4,7-21,24-48H,1,5-6,22-23H2. The molecule has 68 heavy (non-hydrogen) atoms. The highest BCUT2D eigenvalue weighted by Crippen LogP contribution is 2.60. The van der Waals surface area contributed by atoms with Crippen molar-refractivity contribution in [3.05, 3.63) is 283 Å². The Kier molecular flexibility index (Phi) is 11.0. The smallest absolute Gasteiger partial charge is 0.0714 e. The molecule has 12 rings (SSSR count). The normalized spacial score (nSPS) is 13.9. The molecule has 0 spiro atoms. The summed E-state index contributed by atoms with van der Waals surface area (Å²) in [5.74, 6) is 0.686. The van der Waals surface area contributed by atoms with E-state index in [9.17, 15) is 0 Å². The van der Waals surface area contributed by atoms with Crippen LogP contribution in [-0.2, 0) is 5.41 Å². The van der Waals surface area contributed by atoms with Crippen LogP contribution in [0.4, 0.5) is 17.1 Å². The van der Waals surface area contributed by atoms with E-state index in [1.165, 1.54) is 110 Å². The van der Waals surface area contributed by atoms with Gasteiger partial charge in [-0.1, -0.05) is 250 Å². The van der Waals surface area contributed by atoms with Gasteiger partial charge in [0, 0.05) is 16.8 Å². The van der Waals surface area contributed by atoms with Gasteiger partial charge in [0.25, 0.3) is 0 Å². The molecule has 2 aliphatic carbocycles. The summed E-state index contributed by atoms with van der Waals surface area (Å²) in [7, 11) is 0. The van der Waals surface area contributed by atoms with Gasteiger partial charge in [0.15, 0.2) is 0 Å². The fourth-order valence-electron chi connectivity index (χ4n) is 11.7. The molecule has 10 aromatic rings. The van der Waals surface area contributed by atoms with Crippen molar-refractivity contribution in [3.8, 4) is 55.6 Å². The minimum atomic E-state index is -0.531. The lowest BCUT2D eigenvalue weighted by Crippen LogP contribution is -2.28. The average molecular weight is 872 g/mol. The zero-order valence-electron chi connectivity index (χ0n) is 38.3. The second kappa shape index (κ2) is 18.0. The molecule has 1 heteroatoms. The topological polar surface area (TPSA) is 3.24 Å². The Labute approximate surface area is 401 Å². The summed E-state index contributed by atoms with van der Waals surface area (Å²) in [4.78, 5) is 2.53. The van der Waals surface area contributed by atoms with Crippen LogP contribution in [0.2, 0.25) is 0 Å². The van der Waals surface area contributed by atoms with Gasteiger partial charge < -0.3 is 4.90 Å². The predicted octanol–water partition coefficient (Wildman–Crippen LogP) is 18.2. The zero-order chi connectivity index (χ0) is 45.3. The molecule has 1 fully saturated rings. The number of hydrogen-bond donors (Lipinski definition) is 0. The Morgan fingerprint density at radius 1 is 0.309 bits per heavy atom. The van der Waals surface area contributed by atoms with Crippen molar-refractivity contribution < 1.29 is 0 Å². The Bertz CT molecular complexity index is 3310. The number of benzene rings is 10. The third kappa shape index (κ3) is 7.18. The quantitative estimate of drug-likeness (QED) is 0.132. The van der Waals surface area contributed by atoms with Crippen LogP contribution in [-0.4, -0.2) is 0 Å². The first-order chi connectivity index (χ1) is 33.8. The Hall–Kier alpha value is -8.00. The van der Waals surface area contributed by atoms with E-state index in [0.717, 1.165) is 22.6 Å². The molecule has 326 valence electrons. The van der Waals surface area contributed by atoms with Gasteiger partial charge in [0.2, 0.25) is 0 Å². The molecule has 10 aromatic carbocycles. The fourth-order valence-corrected chi connectivity index (χ4v) is 11.7. The number of para-hydroxylation sites is 1. The van der Waals surface area contributed by atoms with Crippen LogP contribution in [0.3, 0.4) is 0 Å². The molecule has 0 aliphatic heterocycles. The van der Waals surface area contributed by atoms with E-state index in [1.54, 1.807) is 0 Å². The van der Waals surface area contributed by atoms with E-state index in [2.05, 4.69) is 260 Å². The zero-order valence-corrected chi connectivity index (χ0v) is 38.3. The molecule has 0 heterocycles. The first-order valence-electron chi connectivity index (χ1n) is 24.5. The van der Waals surface area contributed by atoms with Crippen LogP contribution in [0.5, 0.6) is 0 Å². The molecule has 1 nitrogen and oxygen atoms in total. The molecule has 0 saturated heterocycles. The number of rotatable bonds is 10. The number of fused-ring (bicyclic) bond motifs is 3. The highest BCUT2D eigenvalue weighted by Gasteiger charge is 2.47. The van der Waals surface area contributed by atoms with E-state index in [4.69, 9.17) is 0 Å². The molecule has 0 atom stereocenters. The van der Waals surface area contributed by atoms with Gasteiger partial charge >= 0.3 is 0 Å². The van der Waals surface area contributed by atoms with E-state index in [1.807, 2.05) is 0 Å². The van der Waals surface area contributed by atoms with Gasteiger partial charge in [0.05, 0.1) is 16.8 Å². The van der Waals surface area contributed by atoms with Crippen LogP contribution in [0.1, 0.15) is 65.8 Å². The summed E-state index contributed by atoms with van der Waals surface area (Å²) in [5.41, 5.74) is 21.5. The molecule has 1 saturated carbocycles. The summed E-state index contributed by atoms with van der Waals surface area (Å²) in [6.07, 6.45) is 6.67. The van der Waals surface area contributed by atoms with Gasteiger partial charge in [-0.3, -0.25) is 0 Å². The maximum absolute atomic E-state index is 2.53. The van der Waals surface area contributed by atoms with Crippen molar-refractivity contribution in [2.24, 2.45) is 0 Å². The molecular weight excluding hydrogens is 819 g/mol. The average Bonchev–Trinajstić information content (AvgIpc) is 3.74. The molecule has 0 N–H and O–H groups in total. The molecule has 2 aliphatic rings. The van der Waals surface area contributed by atoms with E-state index >= 15 is 0 Å². The molecule has 0 radical (unpaired) electrons. The van der Waals surface area contributed by atoms with E-state index < -0.39 is 5.41 Å². The van der Waals surface area contributed by atoms with Crippen molar-refractivity contribution in [1.82, 2.24) is 0 Å². The van der Waals surface area contributed by atoms with Gasteiger partial charge in [-0.2, -0.15) is 0 Å². The van der Waals surface area contributed by atoms with Gasteiger partial charge in [-0.25, -0.2) is 0 Å².